The quantitative estimate of drug-likeness (QED) is 0.430. The number of ether oxygens (including phenoxy) is 1. The minimum absolute atomic E-state index is 0.537. The Balaban J connectivity index is 1.78. The van der Waals surface area contributed by atoms with Crippen LogP contribution in [0.4, 0.5) is 0 Å². The standard InChI is InChI=1S/C16H22ClN5O2/c1-18-16(19-8-4-10-23-2)20-9-7-14-21-15(22-24-14)12-5-3-6-13(17)11-12/h3,5-6,11H,4,7-10H2,1-2H3,(H2,18,19,20). The summed E-state index contributed by atoms with van der Waals surface area (Å²) in [6.45, 7) is 2.16. The monoisotopic (exact) mass is 351 g/mol. The molecule has 2 N–H and O–H groups in total. The van der Waals surface area contributed by atoms with Gasteiger partial charge >= 0.3 is 0 Å². The van der Waals surface area contributed by atoms with Crippen LogP contribution in [0, 0.1) is 0 Å². The number of rotatable bonds is 8. The van der Waals surface area contributed by atoms with Crippen LogP contribution in [0.5, 0.6) is 0 Å². The minimum atomic E-state index is 0.537. The van der Waals surface area contributed by atoms with Crippen LogP contribution in [0.3, 0.4) is 0 Å². The van der Waals surface area contributed by atoms with Crippen molar-refractivity contribution in [2.24, 2.45) is 4.99 Å². The number of halogens is 1. The summed E-state index contributed by atoms with van der Waals surface area (Å²) in [6.07, 6.45) is 1.52. The average molecular weight is 352 g/mol. The Morgan fingerprint density at radius 2 is 2.17 bits per heavy atom. The number of hydrogen-bond donors (Lipinski definition) is 2. The molecule has 24 heavy (non-hydrogen) atoms. The zero-order chi connectivity index (χ0) is 17.2. The lowest BCUT2D eigenvalue weighted by Crippen LogP contribution is -2.39. The lowest BCUT2D eigenvalue weighted by atomic mass is 10.2. The number of aromatic nitrogens is 2. The van der Waals surface area contributed by atoms with Gasteiger partial charge in [-0.15, -0.1) is 0 Å². The molecule has 0 aliphatic heterocycles. The average Bonchev–Trinajstić information content (AvgIpc) is 3.06. The van der Waals surface area contributed by atoms with Crippen molar-refractivity contribution in [3.63, 3.8) is 0 Å². The van der Waals surface area contributed by atoms with Crippen LogP contribution in [0.25, 0.3) is 11.4 Å². The number of nitrogens with zero attached hydrogens (tertiary/aromatic N) is 3. The Morgan fingerprint density at radius 1 is 1.33 bits per heavy atom. The normalized spacial score (nSPS) is 11.5. The Kier molecular flexibility index (Phi) is 7.51. The van der Waals surface area contributed by atoms with Crippen molar-refractivity contribution >= 4 is 17.6 Å². The molecular weight excluding hydrogens is 330 g/mol. The molecule has 0 fully saturated rings. The molecule has 0 saturated carbocycles. The molecule has 1 aromatic heterocycles. The molecule has 2 rings (SSSR count). The van der Waals surface area contributed by atoms with Crippen molar-refractivity contribution in [3.05, 3.63) is 35.2 Å². The summed E-state index contributed by atoms with van der Waals surface area (Å²) in [5.41, 5.74) is 0.834. The fourth-order valence-electron chi connectivity index (χ4n) is 2.03. The first-order valence-electron chi connectivity index (χ1n) is 7.75. The zero-order valence-corrected chi connectivity index (χ0v) is 14.6. The van der Waals surface area contributed by atoms with Crippen LogP contribution in [-0.2, 0) is 11.2 Å². The molecular formula is C16H22ClN5O2. The third-order valence-corrected chi connectivity index (χ3v) is 3.46. The largest absolute Gasteiger partial charge is 0.385 e. The van der Waals surface area contributed by atoms with Gasteiger partial charge in [-0.05, 0) is 18.6 Å². The molecule has 0 aliphatic carbocycles. The molecule has 0 spiro atoms. The second-order valence-corrected chi connectivity index (χ2v) is 5.48. The van der Waals surface area contributed by atoms with Crippen molar-refractivity contribution < 1.29 is 9.26 Å². The van der Waals surface area contributed by atoms with Crippen LogP contribution in [-0.4, -0.2) is 50.0 Å². The van der Waals surface area contributed by atoms with Gasteiger partial charge in [0.25, 0.3) is 0 Å². The van der Waals surface area contributed by atoms with Crippen LogP contribution in [0.2, 0.25) is 5.02 Å². The SMILES string of the molecule is CN=C(NCCCOC)NCCc1nc(-c2cccc(Cl)c2)no1. The van der Waals surface area contributed by atoms with Gasteiger partial charge in [-0.2, -0.15) is 4.98 Å². The lowest BCUT2D eigenvalue weighted by molar-refractivity contribution is 0.195. The molecule has 1 aromatic carbocycles. The molecule has 0 bridgehead atoms. The predicted molar refractivity (Wildman–Crippen MR) is 94.3 cm³/mol. The van der Waals surface area contributed by atoms with E-state index in [9.17, 15) is 0 Å². The maximum atomic E-state index is 5.97. The Morgan fingerprint density at radius 3 is 2.92 bits per heavy atom. The summed E-state index contributed by atoms with van der Waals surface area (Å²) in [6, 6.07) is 7.36. The summed E-state index contributed by atoms with van der Waals surface area (Å²) in [7, 11) is 3.42. The van der Waals surface area contributed by atoms with E-state index in [-0.39, 0.29) is 0 Å². The Labute approximate surface area is 146 Å². The van der Waals surface area contributed by atoms with Gasteiger partial charge < -0.3 is 19.9 Å². The molecule has 0 aliphatic rings. The second-order valence-electron chi connectivity index (χ2n) is 5.04. The molecule has 0 atom stereocenters. The van der Waals surface area contributed by atoms with E-state index in [0.717, 1.165) is 31.1 Å². The molecule has 1 heterocycles. The van der Waals surface area contributed by atoms with E-state index < -0.39 is 0 Å². The second kappa shape index (κ2) is 9.89. The summed E-state index contributed by atoms with van der Waals surface area (Å²) in [4.78, 5) is 8.53. The number of hydrogen-bond acceptors (Lipinski definition) is 5. The van der Waals surface area contributed by atoms with Crippen LogP contribution in [0.1, 0.15) is 12.3 Å². The first-order valence-corrected chi connectivity index (χ1v) is 8.12. The minimum Gasteiger partial charge on any atom is -0.385 e. The first-order chi connectivity index (χ1) is 11.7. The highest BCUT2D eigenvalue weighted by atomic mass is 35.5. The molecule has 7 nitrogen and oxygen atoms in total. The van der Waals surface area contributed by atoms with E-state index in [2.05, 4.69) is 25.8 Å². The van der Waals surface area contributed by atoms with E-state index >= 15 is 0 Å². The van der Waals surface area contributed by atoms with E-state index in [1.165, 1.54) is 0 Å². The molecule has 8 heteroatoms. The Bertz CT molecular complexity index is 659. The van der Waals surface area contributed by atoms with Gasteiger partial charge in [0, 0.05) is 50.9 Å². The van der Waals surface area contributed by atoms with Gasteiger partial charge in [-0.1, -0.05) is 28.9 Å². The topological polar surface area (TPSA) is 84.6 Å². The molecule has 130 valence electrons. The van der Waals surface area contributed by atoms with E-state index in [1.54, 1.807) is 26.3 Å². The maximum absolute atomic E-state index is 5.97. The molecule has 0 unspecified atom stereocenters. The zero-order valence-electron chi connectivity index (χ0n) is 13.9. The van der Waals surface area contributed by atoms with Crippen molar-refractivity contribution in [2.45, 2.75) is 12.8 Å². The van der Waals surface area contributed by atoms with Crippen molar-refractivity contribution in [2.75, 3.05) is 33.9 Å². The molecule has 2 aromatic rings. The van der Waals surface area contributed by atoms with E-state index in [4.69, 9.17) is 20.9 Å². The number of guanidine groups is 1. The number of aliphatic imine (C=N–C) groups is 1. The predicted octanol–water partition coefficient (Wildman–Crippen LogP) is 2.13. The third kappa shape index (κ3) is 5.82. The van der Waals surface area contributed by atoms with Crippen LogP contribution < -0.4 is 10.6 Å². The summed E-state index contributed by atoms with van der Waals surface area (Å²) in [5.74, 6) is 1.84. The Hall–Kier alpha value is -2.12. The van der Waals surface area contributed by atoms with Gasteiger partial charge in [0.05, 0.1) is 0 Å². The summed E-state index contributed by atoms with van der Waals surface area (Å²) < 4.78 is 10.3. The molecule has 0 amide bonds. The van der Waals surface area contributed by atoms with Crippen molar-refractivity contribution in [3.8, 4) is 11.4 Å². The number of methoxy groups -OCH3 is 1. The first kappa shape index (κ1) is 18.2. The van der Waals surface area contributed by atoms with Gasteiger partial charge in [0.1, 0.15) is 0 Å². The van der Waals surface area contributed by atoms with E-state index in [1.807, 2.05) is 12.1 Å². The third-order valence-electron chi connectivity index (χ3n) is 3.22. The number of benzene rings is 1. The maximum Gasteiger partial charge on any atom is 0.228 e. The highest BCUT2D eigenvalue weighted by molar-refractivity contribution is 6.30. The smallest absolute Gasteiger partial charge is 0.228 e. The van der Waals surface area contributed by atoms with Gasteiger partial charge in [-0.25, -0.2) is 0 Å². The highest BCUT2D eigenvalue weighted by Gasteiger charge is 2.09. The summed E-state index contributed by atoms with van der Waals surface area (Å²) >= 11 is 5.97. The van der Waals surface area contributed by atoms with Crippen molar-refractivity contribution in [1.82, 2.24) is 20.8 Å². The highest BCUT2D eigenvalue weighted by Crippen LogP contribution is 2.19. The summed E-state index contributed by atoms with van der Waals surface area (Å²) in [5, 5.41) is 11.0. The fourth-order valence-corrected chi connectivity index (χ4v) is 2.22. The van der Waals surface area contributed by atoms with Gasteiger partial charge in [0.2, 0.25) is 11.7 Å². The lowest BCUT2D eigenvalue weighted by Gasteiger charge is -2.10. The van der Waals surface area contributed by atoms with Crippen molar-refractivity contribution in [1.29, 1.82) is 0 Å². The van der Waals surface area contributed by atoms with Gasteiger partial charge in [0.15, 0.2) is 5.96 Å². The van der Waals surface area contributed by atoms with Crippen LogP contribution >= 0.6 is 11.6 Å². The van der Waals surface area contributed by atoms with Gasteiger partial charge in [-0.3, -0.25) is 4.99 Å². The van der Waals surface area contributed by atoms with Crippen LogP contribution in [0.15, 0.2) is 33.8 Å². The molecule has 0 saturated heterocycles. The van der Waals surface area contributed by atoms with E-state index in [0.29, 0.717) is 29.7 Å². The number of nitrogens with one attached hydrogen (secondary N) is 2. The fraction of sp³-hybridized carbons (Fsp3) is 0.438. The molecule has 0 radical (unpaired) electrons.